The van der Waals surface area contributed by atoms with E-state index in [1.165, 1.54) is 12.0 Å². The van der Waals surface area contributed by atoms with Gasteiger partial charge in [0, 0.05) is 25.7 Å². The number of alkyl carbamates (subject to hydrolysis) is 1. The van der Waals surface area contributed by atoms with Crippen LogP contribution in [0, 0.1) is 5.92 Å². The molecule has 8 nitrogen and oxygen atoms in total. The Balaban J connectivity index is 2.76. The van der Waals surface area contributed by atoms with E-state index in [1.807, 2.05) is 13.8 Å². The Morgan fingerprint density at radius 2 is 1.90 bits per heavy atom. The summed E-state index contributed by atoms with van der Waals surface area (Å²) in [5, 5.41) is 11.5. The summed E-state index contributed by atoms with van der Waals surface area (Å²) < 4.78 is 4.54. The largest absolute Gasteiger partial charge is 0.465 e. The van der Waals surface area contributed by atoms with E-state index < -0.39 is 18.2 Å². The number of piperazine rings is 1. The number of methoxy groups -OCH3 is 1. The van der Waals surface area contributed by atoms with Crippen molar-refractivity contribution in [1.82, 2.24) is 15.1 Å². The molecule has 1 aliphatic rings. The molecule has 0 radical (unpaired) electrons. The SMILES string of the molecule is COC(=O)NC(C(=O)N1CCN(C(=O)O)C[C@@H]1C)C(C)C. The molecule has 3 amide bonds. The first-order valence-electron chi connectivity index (χ1n) is 6.90. The molecule has 0 aliphatic carbocycles. The van der Waals surface area contributed by atoms with Gasteiger partial charge in [-0.25, -0.2) is 9.59 Å². The van der Waals surface area contributed by atoms with Crippen molar-refractivity contribution in [3.8, 4) is 0 Å². The highest BCUT2D eigenvalue weighted by Crippen LogP contribution is 2.14. The number of hydrogen-bond donors (Lipinski definition) is 2. The van der Waals surface area contributed by atoms with Crippen molar-refractivity contribution in [3.05, 3.63) is 0 Å². The van der Waals surface area contributed by atoms with E-state index in [9.17, 15) is 14.4 Å². The first kappa shape index (κ1) is 17.1. The molecule has 8 heteroatoms. The monoisotopic (exact) mass is 301 g/mol. The van der Waals surface area contributed by atoms with E-state index in [2.05, 4.69) is 10.1 Å². The van der Waals surface area contributed by atoms with Gasteiger partial charge in [0.1, 0.15) is 6.04 Å². The van der Waals surface area contributed by atoms with Crippen LogP contribution < -0.4 is 5.32 Å². The fraction of sp³-hybridized carbons (Fsp3) is 0.769. The van der Waals surface area contributed by atoms with Gasteiger partial charge in [-0.2, -0.15) is 0 Å². The van der Waals surface area contributed by atoms with Gasteiger partial charge in [-0.05, 0) is 12.8 Å². The smallest absolute Gasteiger partial charge is 0.407 e. The van der Waals surface area contributed by atoms with Crippen molar-refractivity contribution in [3.63, 3.8) is 0 Å². The van der Waals surface area contributed by atoms with Gasteiger partial charge >= 0.3 is 12.2 Å². The minimum absolute atomic E-state index is 0.0960. The van der Waals surface area contributed by atoms with Gasteiger partial charge < -0.3 is 25.0 Å². The quantitative estimate of drug-likeness (QED) is 0.794. The molecule has 21 heavy (non-hydrogen) atoms. The lowest BCUT2D eigenvalue weighted by Gasteiger charge is -2.40. The average molecular weight is 301 g/mol. The molecule has 0 aromatic carbocycles. The second-order valence-electron chi connectivity index (χ2n) is 5.47. The number of amides is 3. The summed E-state index contributed by atoms with van der Waals surface area (Å²) in [5.74, 6) is -0.311. The van der Waals surface area contributed by atoms with Crippen LogP contribution in [0.5, 0.6) is 0 Å². The van der Waals surface area contributed by atoms with Gasteiger partial charge in [-0.15, -0.1) is 0 Å². The third kappa shape index (κ3) is 4.24. The Labute approximate surface area is 124 Å². The zero-order chi connectivity index (χ0) is 16.2. The van der Waals surface area contributed by atoms with Crippen LogP contribution in [0.15, 0.2) is 0 Å². The normalized spacial score (nSPS) is 20.1. The van der Waals surface area contributed by atoms with Crippen molar-refractivity contribution in [2.24, 2.45) is 5.92 Å². The Morgan fingerprint density at radius 1 is 1.29 bits per heavy atom. The van der Waals surface area contributed by atoms with Gasteiger partial charge in [-0.1, -0.05) is 13.8 Å². The van der Waals surface area contributed by atoms with Gasteiger partial charge in [0.05, 0.1) is 7.11 Å². The van der Waals surface area contributed by atoms with Crippen LogP contribution in [-0.2, 0) is 9.53 Å². The second kappa shape index (κ2) is 7.14. The van der Waals surface area contributed by atoms with E-state index in [-0.39, 0.29) is 31.0 Å². The van der Waals surface area contributed by atoms with Crippen LogP contribution in [0.4, 0.5) is 9.59 Å². The molecule has 2 atom stereocenters. The average Bonchev–Trinajstić information content (AvgIpc) is 2.43. The van der Waals surface area contributed by atoms with Crippen LogP contribution in [0.1, 0.15) is 20.8 Å². The van der Waals surface area contributed by atoms with Crippen molar-refractivity contribution in [1.29, 1.82) is 0 Å². The van der Waals surface area contributed by atoms with Crippen LogP contribution in [0.25, 0.3) is 0 Å². The Kier molecular flexibility index (Phi) is 5.80. The summed E-state index contributed by atoms with van der Waals surface area (Å²) in [7, 11) is 1.24. The molecule has 0 aromatic heterocycles. The van der Waals surface area contributed by atoms with Gasteiger partial charge in [-0.3, -0.25) is 4.79 Å². The summed E-state index contributed by atoms with van der Waals surface area (Å²) in [6.45, 7) is 6.31. The number of nitrogens with one attached hydrogen (secondary N) is 1. The predicted molar refractivity (Wildman–Crippen MR) is 74.9 cm³/mol. The van der Waals surface area contributed by atoms with Crippen molar-refractivity contribution in [2.45, 2.75) is 32.9 Å². The molecular formula is C13H23N3O5. The lowest BCUT2D eigenvalue weighted by Crippen LogP contribution is -2.60. The van der Waals surface area contributed by atoms with Crippen molar-refractivity contribution >= 4 is 18.1 Å². The summed E-state index contributed by atoms with van der Waals surface area (Å²) >= 11 is 0. The minimum atomic E-state index is -0.984. The fourth-order valence-electron chi connectivity index (χ4n) is 2.34. The lowest BCUT2D eigenvalue weighted by atomic mass is 10.0. The molecule has 1 saturated heterocycles. The number of carboxylic acid groups (broad SMARTS) is 1. The van der Waals surface area contributed by atoms with Gasteiger partial charge in [0.2, 0.25) is 5.91 Å². The summed E-state index contributed by atoms with van der Waals surface area (Å²) in [4.78, 5) is 37.8. The highest BCUT2D eigenvalue weighted by Gasteiger charge is 2.35. The Morgan fingerprint density at radius 3 is 2.33 bits per heavy atom. The number of rotatable bonds is 3. The third-order valence-corrected chi connectivity index (χ3v) is 3.57. The highest BCUT2D eigenvalue weighted by molar-refractivity contribution is 5.86. The highest BCUT2D eigenvalue weighted by atomic mass is 16.5. The standard InChI is InChI=1S/C13H23N3O5/c1-8(2)10(14-12(18)21-4)11(17)16-6-5-15(13(19)20)7-9(16)3/h8-10H,5-7H2,1-4H3,(H,14,18)(H,19,20)/t9-,10?/m0/s1. The van der Waals surface area contributed by atoms with Crippen LogP contribution in [0.3, 0.4) is 0 Å². The molecule has 120 valence electrons. The Hall–Kier alpha value is -1.99. The minimum Gasteiger partial charge on any atom is -0.465 e. The van der Waals surface area contributed by atoms with Crippen LogP contribution >= 0.6 is 0 Å². The van der Waals surface area contributed by atoms with Crippen molar-refractivity contribution < 1.29 is 24.2 Å². The summed E-state index contributed by atoms with van der Waals surface area (Å²) in [6, 6.07) is -0.917. The molecule has 1 fully saturated rings. The fourth-order valence-corrected chi connectivity index (χ4v) is 2.34. The first-order valence-corrected chi connectivity index (χ1v) is 6.90. The number of nitrogens with zero attached hydrogens (tertiary/aromatic N) is 2. The molecule has 0 spiro atoms. The van der Waals surface area contributed by atoms with Gasteiger partial charge in [0.15, 0.2) is 0 Å². The van der Waals surface area contributed by atoms with E-state index in [0.717, 1.165) is 0 Å². The topological polar surface area (TPSA) is 99.2 Å². The molecule has 0 aromatic rings. The molecule has 0 bridgehead atoms. The van der Waals surface area contributed by atoms with Crippen LogP contribution in [-0.4, -0.2) is 71.8 Å². The zero-order valence-electron chi connectivity index (χ0n) is 12.8. The van der Waals surface area contributed by atoms with Crippen LogP contribution in [0.2, 0.25) is 0 Å². The molecule has 0 saturated carbocycles. The maximum absolute atomic E-state index is 12.6. The Bertz CT molecular complexity index is 413. The maximum Gasteiger partial charge on any atom is 0.407 e. The predicted octanol–water partition coefficient (Wildman–Crippen LogP) is 0.578. The lowest BCUT2D eigenvalue weighted by molar-refractivity contribution is -0.138. The van der Waals surface area contributed by atoms with E-state index >= 15 is 0 Å². The second-order valence-corrected chi connectivity index (χ2v) is 5.47. The number of carbonyl (C=O) groups excluding carboxylic acids is 2. The first-order chi connectivity index (χ1) is 9.77. The zero-order valence-corrected chi connectivity index (χ0v) is 12.8. The maximum atomic E-state index is 12.6. The summed E-state index contributed by atoms with van der Waals surface area (Å²) in [6.07, 6.45) is -1.64. The molecule has 1 unspecified atom stereocenters. The van der Waals surface area contributed by atoms with E-state index in [4.69, 9.17) is 5.11 Å². The third-order valence-electron chi connectivity index (χ3n) is 3.57. The molecular weight excluding hydrogens is 278 g/mol. The van der Waals surface area contributed by atoms with Crippen molar-refractivity contribution in [2.75, 3.05) is 26.7 Å². The summed E-state index contributed by atoms with van der Waals surface area (Å²) in [5.41, 5.74) is 0. The number of hydrogen-bond acceptors (Lipinski definition) is 4. The van der Waals surface area contributed by atoms with E-state index in [1.54, 1.807) is 11.8 Å². The molecule has 2 N–H and O–H groups in total. The molecule has 1 heterocycles. The molecule has 1 aliphatic heterocycles. The van der Waals surface area contributed by atoms with Gasteiger partial charge in [0.25, 0.3) is 0 Å². The van der Waals surface area contributed by atoms with E-state index in [0.29, 0.717) is 6.54 Å². The number of ether oxygens (including phenoxy) is 1. The number of carbonyl (C=O) groups is 3. The molecule has 1 rings (SSSR count).